The van der Waals surface area contributed by atoms with Crippen molar-refractivity contribution >= 4 is 11.5 Å². The molecule has 1 aliphatic heterocycles. The van der Waals surface area contributed by atoms with E-state index in [2.05, 4.69) is 58.5 Å². The highest BCUT2D eigenvalue weighted by Gasteiger charge is 2.33. The van der Waals surface area contributed by atoms with E-state index in [-0.39, 0.29) is 17.7 Å². The number of tetrazole rings is 1. The lowest BCUT2D eigenvalue weighted by molar-refractivity contribution is -0.0933. The standard InChI is InChI=1S/C14H23N7O/c1-10-7-20(8-11(2)22-10)14(3,4)9-15-12-5-6-13-16-18-19-21(13)17-12/h5-6,10-11H,7-9H2,1-4H3,(H,15,17)/t10-,11-/m1/s1. The molecule has 120 valence electrons. The van der Waals surface area contributed by atoms with Gasteiger partial charge in [-0.2, -0.15) is 0 Å². The third-order valence-electron chi connectivity index (χ3n) is 4.05. The van der Waals surface area contributed by atoms with Crippen LogP contribution in [0.5, 0.6) is 0 Å². The summed E-state index contributed by atoms with van der Waals surface area (Å²) in [6.45, 7) is 11.4. The maximum Gasteiger partial charge on any atom is 0.200 e. The SMILES string of the molecule is C[C@@H]1CN(C(C)(C)CNc2ccc3nnnn3n2)C[C@@H](C)O1. The summed E-state index contributed by atoms with van der Waals surface area (Å²) in [6, 6.07) is 3.74. The van der Waals surface area contributed by atoms with Gasteiger partial charge >= 0.3 is 0 Å². The Hall–Kier alpha value is -1.80. The van der Waals surface area contributed by atoms with Crippen LogP contribution in [0.25, 0.3) is 5.65 Å². The second-order valence-electron chi connectivity index (χ2n) is 6.57. The van der Waals surface area contributed by atoms with E-state index in [4.69, 9.17) is 4.74 Å². The maximum absolute atomic E-state index is 5.81. The number of anilines is 1. The average molecular weight is 305 g/mol. The molecule has 22 heavy (non-hydrogen) atoms. The van der Waals surface area contributed by atoms with Gasteiger partial charge in [-0.3, -0.25) is 4.90 Å². The number of nitrogens with zero attached hydrogens (tertiary/aromatic N) is 6. The summed E-state index contributed by atoms with van der Waals surface area (Å²) >= 11 is 0. The number of morpholine rings is 1. The Morgan fingerprint density at radius 2 is 2.00 bits per heavy atom. The fourth-order valence-corrected chi connectivity index (χ4v) is 2.83. The lowest BCUT2D eigenvalue weighted by atomic mass is 10.00. The molecule has 3 rings (SSSR count). The Bertz CT molecular complexity index is 631. The van der Waals surface area contributed by atoms with E-state index < -0.39 is 0 Å². The van der Waals surface area contributed by atoms with Crippen molar-refractivity contribution in [3.63, 3.8) is 0 Å². The molecule has 0 aliphatic carbocycles. The predicted molar refractivity (Wildman–Crippen MR) is 82.7 cm³/mol. The molecule has 1 fully saturated rings. The van der Waals surface area contributed by atoms with Gasteiger partial charge in [0.25, 0.3) is 0 Å². The van der Waals surface area contributed by atoms with Crippen molar-refractivity contribution in [3.8, 4) is 0 Å². The van der Waals surface area contributed by atoms with Gasteiger partial charge in [-0.25, -0.2) is 0 Å². The number of aromatic nitrogens is 5. The van der Waals surface area contributed by atoms with Gasteiger partial charge in [0.15, 0.2) is 5.65 Å². The van der Waals surface area contributed by atoms with E-state index in [9.17, 15) is 0 Å². The molecule has 0 radical (unpaired) electrons. The summed E-state index contributed by atoms with van der Waals surface area (Å²) in [5.74, 6) is 0.766. The third-order valence-corrected chi connectivity index (χ3v) is 4.05. The summed E-state index contributed by atoms with van der Waals surface area (Å²) in [7, 11) is 0. The summed E-state index contributed by atoms with van der Waals surface area (Å²) in [6.07, 6.45) is 0.525. The van der Waals surface area contributed by atoms with Gasteiger partial charge in [-0.05, 0) is 50.3 Å². The first-order valence-electron chi connectivity index (χ1n) is 7.64. The Morgan fingerprint density at radius 1 is 1.27 bits per heavy atom. The number of ether oxygens (including phenoxy) is 1. The van der Waals surface area contributed by atoms with Gasteiger partial charge in [-0.1, -0.05) is 0 Å². The topological polar surface area (TPSA) is 80.5 Å². The van der Waals surface area contributed by atoms with Crippen LogP contribution < -0.4 is 5.32 Å². The molecule has 8 nitrogen and oxygen atoms in total. The van der Waals surface area contributed by atoms with Crippen LogP contribution in [0.3, 0.4) is 0 Å². The highest BCUT2D eigenvalue weighted by Crippen LogP contribution is 2.21. The van der Waals surface area contributed by atoms with Crippen LogP contribution in [0, 0.1) is 0 Å². The quantitative estimate of drug-likeness (QED) is 0.895. The molecule has 0 bridgehead atoms. The number of rotatable bonds is 4. The Morgan fingerprint density at radius 3 is 2.73 bits per heavy atom. The molecule has 1 N–H and O–H groups in total. The maximum atomic E-state index is 5.81. The van der Waals surface area contributed by atoms with E-state index >= 15 is 0 Å². The van der Waals surface area contributed by atoms with Gasteiger partial charge in [0, 0.05) is 25.2 Å². The molecular formula is C14H23N7O. The molecule has 0 unspecified atom stereocenters. The summed E-state index contributed by atoms with van der Waals surface area (Å²) < 4.78 is 7.24. The van der Waals surface area contributed by atoms with Gasteiger partial charge in [0.2, 0.25) is 0 Å². The van der Waals surface area contributed by atoms with Crippen LogP contribution in [-0.2, 0) is 4.74 Å². The summed E-state index contributed by atoms with van der Waals surface area (Å²) in [5.41, 5.74) is 0.643. The van der Waals surface area contributed by atoms with E-state index in [1.807, 2.05) is 12.1 Å². The lowest BCUT2D eigenvalue weighted by Gasteiger charge is -2.45. The normalized spacial score (nSPS) is 23.8. The van der Waals surface area contributed by atoms with E-state index in [1.165, 1.54) is 4.63 Å². The van der Waals surface area contributed by atoms with Gasteiger partial charge < -0.3 is 10.1 Å². The second kappa shape index (κ2) is 5.77. The third kappa shape index (κ3) is 3.17. The number of fused-ring (bicyclic) bond motifs is 1. The van der Waals surface area contributed by atoms with Crippen LogP contribution in [-0.4, -0.2) is 67.5 Å². The zero-order valence-electron chi connectivity index (χ0n) is 13.5. The molecule has 2 aromatic rings. The minimum atomic E-state index is 0.00353. The average Bonchev–Trinajstić information content (AvgIpc) is 2.91. The molecule has 1 aliphatic rings. The van der Waals surface area contributed by atoms with E-state index in [0.29, 0.717) is 5.65 Å². The monoisotopic (exact) mass is 305 g/mol. The molecule has 3 heterocycles. The number of hydrogen-bond acceptors (Lipinski definition) is 7. The van der Waals surface area contributed by atoms with Crippen LogP contribution in [0.4, 0.5) is 5.82 Å². The predicted octanol–water partition coefficient (Wildman–Crippen LogP) is 0.819. The van der Waals surface area contributed by atoms with Crippen molar-refractivity contribution in [2.75, 3.05) is 25.0 Å². The first-order chi connectivity index (χ1) is 10.4. The number of nitrogens with one attached hydrogen (secondary N) is 1. The zero-order valence-corrected chi connectivity index (χ0v) is 13.5. The van der Waals surface area contributed by atoms with Crippen molar-refractivity contribution in [1.29, 1.82) is 0 Å². The minimum Gasteiger partial charge on any atom is -0.373 e. The molecule has 0 saturated carbocycles. The minimum absolute atomic E-state index is 0.00353. The second-order valence-corrected chi connectivity index (χ2v) is 6.57. The first-order valence-corrected chi connectivity index (χ1v) is 7.64. The Balaban J connectivity index is 1.65. The lowest BCUT2D eigenvalue weighted by Crippen LogP contribution is -2.57. The molecule has 0 aromatic carbocycles. The Labute approximate surface area is 129 Å². The van der Waals surface area contributed by atoms with Crippen LogP contribution in [0.1, 0.15) is 27.7 Å². The molecule has 1 saturated heterocycles. The van der Waals surface area contributed by atoms with Crippen LogP contribution in [0.2, 0.25) is 0 Å². The fourth-order valence-electron chi connectivity index (χ4n) is 2.83. The van der Waals surface area contributed by atoms with Crippen molar-refractivity contribution in [3.05, 3.63) is 12.1 Å². The molecule has 0 amide bonds. The molecule has 8 heteroatoms. The summed E-state index contributed by atoms with van der Waals surface area (Å²) in [4.78, 5) is 2.47. The largest absolute Gasteiger partial charge is 0.373 e. The van der Waals surface area contributed by atoms with Gasteiger partial charge in [-0.15, -0.1) is 14.8 Å². The van der Waals surface area contributed by atoms with Crippen molar-refractivity contribution in [2.45, 2.75) is 45.4 Å². The van der Waals surface area contributed by atoms with Crippen molar-refractivity contribution in [2.24, 2.45) is 0 Å². The van der Waals surface area contributed by atoms with E-state index in [0.717, 1.165) is 25.5 Å². The van der Waals surface area contributed by atoms with Crippen molar-refractivity contribution in [1.82, 2.24) is 30.2 Å². The smallest absolute Gasteiger partial charge is 0.200 e. The fraction of sp³-hybridized carbons (Fsp3) is 0.714. The van der Waals surface area contributed by atoms with Gasteiger partial charge in [0.05, 0.1) is 12.2 Å². The van der Waals surface area contributed by atoms with Crippen LogP contribution in [0.15, 0.2) is 12.1 Å². The number of hydrogen-bond donors (Lipinski definition) is 1. The van der Waals surface area contributed by atoms with E-state index in [1.54, 1.807) is 0 Å². The molecule has 2 aromatic heterocycles. The summed E-state index contributed by atoms with van der Waals surface area (Å²) in [5, 5.41) is 19.0. The van der Waals surface area contributed by atoms with Crippen molar-refractivity contribution < 1.29 is 4.74 Å². The van der Waals surface area contributed by atoms with Gasteiger partial charge in [0.1, 0.15) is 5.82 Å². The highest BCUT2D eigenvalue weighted by molar-refractivity contribution is 5.42. The highest BCUT2D eigenvalue weighted by atomic mass is 16.5. The molecular weight excluding hydrogens is 282 g/mol. The molecule has 2 atom stereocenters. The first kappa shape index (κ1) is 15.1. The van der Waals surface area contributed by atoms with Crippen LogP contribution >= 0.6 is 0 Å². The zero-order chi connectivity index (χ0) is 15.7. The molecule has 0 spiro atoms. The Kier molecular flexibility index (Phi) is 3.96.